The van der Waals surface area contributed by atoms with Crippen LogP contribution in [0.15, 0.2) is 16.8 Å². The van der Waals surface area contributed by atoms with Crippen molar-refractivity contribution >= 4 is 12.0 Å². The zero-order valence-electron chi connectivity index (χ0n) is 19.4. The first-order valence-electron chi connectivity index (χ1n) is 10.8. The number of nitrogens with two attached hydrogens (primary N) is 2. The summed E-state index contributed by atoms with van der Waals surface area (Å²) in [6, 6.07) is -0.798. The predicted molar refractivity (Wildman–Crippen MR) is 123 cm³/mol. The van der Waals surface area contributed by atoms with Crippen LogP contribution < -0.4 is 11.5 Å². The van der Waals surface area contributed by atoms with Gasteiger partial charge in [-0.15, -0.1) is 0 Å². The first kappa shape index (κ1) is 30.9. The van der Waals surface area contributed by atoms with Crippen LogP contribution in [0.4, 0.5) is 0 Å². The highest BCUT2D eigenvalue weighted by molar-refractivity contribution is 5.97. The van der Waals surface area contributed by atoms with Gasteiger partial charge in [-0.3, -0.25) is 4.99 Å². The minimum atomic E-state index is -1.70. The minimum absolute atomic E-state index is 0.0399. The number of aliphatic imine (C=N–C) groups is 1. The lowest BCUT2D eigenvalue weighted by Gasteiger charge is -2.28. The maximum absolute atomic E-state index is 11.5. The molecule has 178 valence electrons. The number of carbonyl (C=O) groups is 1. The molecular weight excluding hydrogens is 386 g/mol. The van der Waals surface area contributed by atoms with Gasteiger partial charge in [-0.2, -0.15) is 0 Å². The van der Waals surface area contributed by atoms with E-state index in [0.717, 1.165) is 32.1 Å². The normalized spacial score (nSPS) is 28.5. The lowest BCUT2D eigenvalue weighted by molar-refractivity contribution is -0.127. The highest BCUT2D eigenvalue weighted by Crippen LogP contribution is 2.16. The molecule has 1 aliphatic heterocycles. The molecule has 2 unspecified atom stereocenters. The van der Waals surface area contributed by atoms with Crippen LogP contribution in [-0.4, -0.2) is 74.9 Å². The van der Waals surface area contributed by atoms with E-state index in [-0.39, 0.29) is 13.0 Å². The molecule has 30 heavy (non-hydrogen) atoms. The van der Waals surface area contributed by atoms with Crippen molar-refractivity contribution in [2.45, 2.75) is 76.4 Å². The highest BCUT2D eigenvalue weighted by atomic mass is 16.5. The number of ether oxygens (including phenoxy) is 2. The summed E-state index contributed by atoms with van der Waals surface area (Å²) in [5, 5.41) is 17.6. The molecule has 2 atom stereocenters. The summed E-state index contributed by atoms with van der Waals surface area (Å²) in [4.78, 5) is 15.7. The molecule has 0 bridgehead atoms. The van der Waals surface area contributed by atoms with Gasteiger partial charge in [0.05, 0.1) is 25.0 Å². The maximum atomic E-state index is 11.5. The Morgan fingerprint density at radius 1 is 1.07 bits per heavy atom. The lowest BCUT2D eigenvalue weighted by atomic mass is 9.90. The minimum Gasteiger partial charge on any atom is -0.498 e. The third kappa shape index (κ3) is 14.6. The average molecular weight is 432 g/mol. The number of nitrogens with zero attached hydrogens (tertiary/aromatic N) is 1. The van der Waals surface area contributed by atoms with Gasteiger partial charge in [-0.25, -0.2) is 0 Å². The first-order chi connectivity index (χ1) is 14.5. The molecule has 0 radical (unpaired) electrons. The van der Waals surface area contributed by atoms with E-state index in [2.05, 4.69) is 10.7 Å². The van der Waals surface area contributed by atoms with Crippen LogP contribution in [0.1, 0.15) is 64.7 Å². The third-order valence-corrected chi connectivity index (χ3v) is 4.78. The van der Waals surface area contributed by atoms with Gasteiger partial charge in [-0.05, 0) is 32.9 Å². The van der Waals surface area contributed by atoms with Gasteiger partial charge in [0.2, 0.25) is 0 Å². The summed E-state index contributed by atoms with van der Waals surface area (Å²) in [5.74, 6) is 0.724. The van der Waals surface area contributed by atoms with Crippen molar-refractivity contribution in [2.24, 2.45) is 16.5 Å². The van der Waals surface area contributed by atoms with Crippen molar-refractivity contribution in [3.63, 3.8) is 0 Å². The molecular formula is C22H45N3O5. The number of aliphatic hydroxyl groups is 2. The quantitative estimate of drug-likeness (QED) is 0.465. The van der Waals surface area contributed by atoms with E-state index in [0.29, 0.717) is 25.2 Å². The number of aliphatic hydroxyl groups excluding tert-OH is 1. The summed E-state index contributed by atoms with van der Waals surface area (Å²) >= 11 is 0. The van der Waals surface area contributed by atoms with Gasteiger partial charge < -0.3 is 35.9 Å². The van der Waals surface area contributed by atoms with Crippen molar-refractivity contribution < 1.29 is 24.5 Å². The fraction of sp³-hybridized carbons (Fsp3) is 0.818. The van der Waals surface area contributed by atoms with Gasteiger partial charge in [0, 0.05) is 32.9 Å². The van der Waals surface area contributed by atoms with Crippen LogP contribution in [0.5, 0.6) is 0 Å². The number of hydrogen-bond acceptors (Lipinski definition) is 8. The Hall–Kier alpha value is -1.32. The van der Waals surface area contributed by atoms with Gasteiger partial charge in [0.1, 0.15) is 5.60 Å². The smallest absolute Gasteiger partial charge is 0.153 e. The van der Waals surface area contributed by atoms with Gasteiger partial charge in [-0.1, -0.05) is 38.5 Å². The molecule has 0 aromatic carbocycles. The Morgan fingerprint density at radius 2 is 1.57 bits per heavy atom. The van der Waals surface area contributed by atoms with Crippen LogP contribution in [0.2, 0.25) is 0 Å². The van der Waals surface area contributed by atoms with Gasteiger partial charge in [0.25, 0.3) is 0 Å². The average Bonchev–Trinajstić information content (AvgIpc) is 2.78. The molecule has 0 amide bonds. The molecule has 0 aromatic heterocycles. The summed E-state index contributed by atoms with van der Waals surface area (Å²) in [6.07, 6.45) is 11.6. The van der Waals surface area contributed by atoms with Crippen molar-refractivity contribution in [3.05, 3.63) is 11.8 Å². The Kier molecular flexibility index (Phi) is 21.5. The fourth-order valence-electron chi connectivity index (χ4n) is 2.98. The number of hydrogen-bond donors (Lipinski definition) is 4. The largest absolute Gasteiger partial charge is 0.498 e. The standard InChI is InChI=1S/C20H36N2O4.CH5N.CH4O/c1-17-13-18(22-2)14-20(24,16-23)19(21)15-25-11-9-7-5-3-4-6-8-10-12-26-17;2*1-2/h13,16,19,24H,3-12,14-15,21H2,1-2H3;2H2,1H3;2H,1H3/b17-13+,22-18?;;. The topological polar surface area (TPSA) is 140 Å². The van der Waals surface area contributed by atoms with E-state index in [4.69, 9.17) is 20.3 Å². The van der Waals surface area contributed by atoms with Crippen molar-refractivity contribution in [3.8, 4) is 0 Å². The van der Waals surface area contributed by atoms with E-state index in [9.17, 15) is 9.90 Å². The molecule has 0 aliphatic carbocycles. The van der Waals surface area contributed by atoms with Crippen LogP contribution in [-0.2, 0) is 14.3 Å². The second-order valence-corrected chi connectivity index (χ2v) is 7.11. The molecule has 8 heteroatoms. The lowest BCUT2D eigenvalue weighted by Crippen LogP contribution is -2.53. The third-order valence-electron chi connectivity index (χ3n) is 4.78. The summed E-state index contributed by atoms with van der Waals surface area (Å²) in [5.41, 5.74) is 9.41. The van der Waals surface area contributed by atoms with Crippen LogP contribution in [0.3, 0.4) is 0 Å². The number of allylic oxidation sites excluding steroid dienone is 2. The maximum Gasteiger partial charge on any atom is 0.153 e. The molecule has 0 spiro atoms. The van der Waals surface area contributed by atoms with Crippen molar-refractivity contribution in [1.29, 1.82) is 0 Å². The van der Waals surface area contributed by atoms with Crippen molar-refractivity contribution in [1.82, 2.24) is 0 Å². The van der Waals surface area contributed by atoms with Crippen LogP contribution in [0.25, 0.3) is 0 Å². The number of carbonyl (C=O) groups excluding carboxylic acids is 1. The van der Waals surface area contributed by atoms with Gasteiger partial charge >= 0.3 is 0 Å². The molecule has 8 nitrogen and oxygen atoms in total. The summed E-state index contributed by atoms with van der Waals surface area (Å²) in [7, 11) is 4.13. The number of rotatable bonds is 1. The highest BCUT2D eigenvalue weighted by Gasteiger charge is 2.35. The monoisotopic (exact) mass is 431 g/mol. The Morgan fingerprint density at radius 3 is 2.07 bits per heavy atom. The molecule has 1 rings (SSSR count). The van der Waals surface area contributed by atoms with Gasteiger partial charge in [0.15, 0.2) is 6.29 Å². The summed E-state index contributed by atoms with van der Waals surface area (Å²) in [6.45, 7) is 3.27. The first-order valence-corrected chi connectivity index (χ1v) is 10.8. The Bertz CT molecular complexity index is 472. The number of aldehydes is 1. The fourth-order valence-corrected chi connectivity index (χ4v) is 2.98. The van der Waals surface area contributed by atoms with E-state index >= 15 is 0 Å². The SMILES string of the molecule is CN.CN=C1/C=C(\C)OCCCCCCCCCCOCC(N)C(O)(C=O)C1.CO. The Labute approximate surface area is 182 Å². The molecule has 0 saturated carbocycles. The van der Waals surface area contributed by atoms with E-state index < -0.39 is 11.6 Å². The Balaban J connectivity index is 0. The van der Waals surface area contributed by atoms with Crippen molar-refractivity contribution in [2.75, 3.05) is 41.0 Å². The second kappa shape index (κ2) is 20.9. The molecule has 0 aromatic rings. The molecule has 0 fully saturated rings. The van der Waals surface area contributed by atoms with E-state index in [1.807, 2.05) is 6.92 Å². The van der Waals surface area contributed by atoms with E-state index in [1.165, 1.54) is 39.2 Å². The zero-order chi connectivity index (χ0) is 23.3. The van der Waals surface area contributed by atoms with Crippen LogP contribution >= 0.6 is 0 Å². The molecule has 6 N–H and O–H groups in total. The van der Waals surface area contributed by atoms with Crippen LogP contribution in [0, 0.1) is 0 Å². The molecule has 1 aliphatic rings. The molecule has 1 heterocycles. The molecule has 0 saturated heterocycles. The van der Waals surface area contributed by atoms with E-state index in [1.54, 1.807) is 13.1 Å². The summed E-state index contributed by atoms with van der Waals surface area (Å²) < 4.78 is 11.3. The second-order valence-electron chi connectivity index (χ2n) is 7.11. The zero-order valence-corrected chi connectivity index (χ0v) is 19.4. The predicted octanol–water partition coefficient (Wildman–Crippen LogP) is 1.96.